The Morgan fingerprint density at radius 1 is 0.974 bits per heavy atom. The molecule has 4 aromatic rings. The van der Waals surface area contributed by atoms with E-state index in [9.17, 15) is 14.7 Å². The van der Waals surface area contributed by atoms with E-state index in [2.05, 4.69) is 15.8 Å². The first-order valence-electron chi connectivity index (χ1n) is 11.9. The molecule has 0 aliphatic carbocycles. The number of hydrazone groups is 1. The lowest BCUT2D eigenvalue weighted by atomic mass is 10.0. The van der Waals surface area contributed by atoms with Crippen LogP contribution >= 0.6 is 11.6 Å². The number of rotatable bonds is 9. The van der Waals surface area contributed by atoms with E-state index in [4.69, 9.17) is 21.1 Å². The Hall–Kier alpha value is -4.56. The van der Waals surface area contributed by atoms with Crippen molar-refractivity contribution in [2.24, 2.45) is 5.10 Å². The summed E-state index contributed by atoms with van der Waals surface area (Å²) >= 11 is 5.86. The van der Waals surface area contributed by atoms with Gasteiger partial charge >= 0.3 is 6.09 Å². The second kappa shape index (κ2) is 12.6. The van der Waals surface area contributed by atoms with Crippen molar-refractivity contribution in [3.05, 3.63) is 101 Å². The van der Waals surface area contributed by atoms with Gasteiger partial charge in [0.1, 0.15) is 24.7 Å². The van der Waals surface area contributed by atoms with Gasteiger partial charge in [-0.2, -0.15) is 5.10 Å². The van der Waals surface area contributed by atoms with Crippen molar-refractivity contribution in [1.29, 1.82) is 0 Å². The van der Waals surface area contributed by atoms with E-state index in [0.29, 0.717) is 5.75 Å². The molecule has 9 heteroatoms. The molecule has 0 aliphatic heterocycles. The van der Waals surface area contributed by atoms with Crippen molar-refractivity contribution < 1.29 is 24.2 Å². The molecule has 4 rings (SSSR count). The molecular formula is C29H26ClN3O5. The number of nitrogens with zero attached hydrogens (tertiary/aromatic N) is 1. The Kier molecular flexibility index (Phi) is 8.79. The minimum absolute atomic E-state index is 0.0744. The van der Waals surface area contributed by atoms with E-state index >= 15 is 0 Å². The van der Waals surface area contributed by atoms with E-state index in [1.54, 1.807) is 6.07 Å². The summed E-state index contributed by atoms with van der Waals surface area (Å²) in [6.45, 7) is 2.27. The number of para-hydroxylation sites is 1. The van der Waals surface area contributed by atoms with Crippen molar-refractivity contribution in [2.45, 2.75) is 13.3 Å². The van der Waals surface area contributed by atoms with E-state index in [1.807, 2.05) is 61.5 Å². The molecule has 8 nitrogen and oxygen atoms in total. The number of nitrogens with one attached hydrogen (secondary N) is 2. The lowest BCUT2D eigenvalue weighted by molar-refractivity contribution is 0.0955. The van der Waals surface area contributed by atoms with Gasteiger partial charge in [0.05, 0.1) is 11.2 Å². The monoisotopic (exact) mass is 531 g/mol. The van der Waals surface area contributed by atoms with Crippen molar-refractivity contribution in [1.82, 2.24) is 5.43 Å². The minimum atomic E-state index is -0.539. The Labute approximate surface area is 224 Å². The van der Waals surface area contributed by atoms with Crippen molar-refractivity contribution >= 4 is 46.3 Å². The van der Waals surface area contributed by atoms with Gasteiger partial charge in [0.15, 0.2) is 0 Å². The third-order valence-electron chi connectivity index (χ3n) is 5.71. The van der Waals surface area contributed by atoms with Gasteiger partial charge in [-0.1, -0.05) is 61.0 Å². The average Bonchev–Trinajstić information content (AvgIpc) is 2.93. The standard InChI is InChI=1S/C29H26ClN3O5/c1-2-19-7-3-6-10-25(19)32-29(36)38-16-15-37-27-14-12-21(22-8-4-5-9-23(22)27)18-31-33-28(35)20-11-13-26(34)24(30)17-20/h3-14,17-18,34H,2,15-16H2,1H3,(H,32,36)(H,33,35). The number of fused-ring (bicyclic) bond motifs is 1. The number of aromatic hydroxyl groups is 1. The highest BCUT2D eigenvalue weighted by atomic mass is 35.5. The van der Waals surface area contributed by atoms with Crippen LogP contribution in [0.1, 0.15) is 28.4 Å². The quantitative estimate of drug-likeness (QED) is 0.136. The number of carbonyl (C=O) groups is 2. The van der Waals surface area contributed by atoms with Crippen LogP contribution in [-0.2, 0) is 11.2 Å². The highest BCUT2D eigenvalue weighted by molar-refractivity contribution is 6.32. The first kappa shape index (κ1) is 26.5. The van der Waals surface area contributed by atoms with Gasteiger partial charge in [-0.15, -0.1) is 0 Å². The number of phenols is 1. The molecule has 4 aromatic carbocycles. The maximum atomic E-state index is 12.3. The molecule has 0 atom stereocenters. The van der Waals surface area contributed by atoms with E-state index < -0.39 is 12.0 Å². The number of hydrogen-bond donors (Lipinski definition) is 3. The Morgan fingerprint density at radius 3 is 2.53 bits per heavy atom. The normalized spacial score (nSPS) is 10.9. The van der Waals surface area contributed by atoms with Gasteiger partial charge in [-0.05, 0) is 53.8 Å². The highest BCUT2D eigenvalue weighted by Gasteiger charge is 2.10. The molecule has 3 N–H and O–H groups in total. The number of ether oxygens (including phenoxy) is 2. The van der Waals surface area contributed by atoms with Gasteiger partial charge in [0.25, 0.3) is 5.91 Å². The Morgan fingerprint density at radius 2 is 1.74 bits per heavy atom. The molecule has 2 amide bonds. The third kappa shape index (κ3) is 6.60. The summed E-state index contributed by atoms with van der Waals surface area (Å²) in [4.78, 5) is 24.5. The van der Waals surface area contributed by atoms with Gasteiger partial charge < -0.3 is 14.6 Å². The largest absolute Gasteiger partial charge is 0.506 e. The molecule has 0 radical (unpaired) electrons. The summed E-state index contributed by atoms with van der Waals surface area (Å²) < 4.78 is 11.2. The molecule has 0 aromatic heterocycles. The first-order chi connectivity index (χ1) is 18.5. The van der Waals surface area contributed by atoms with Gasteiger partial charge in [-0.3, -0.25) is 10.1 Å². The highest BCUT2D eigenvalue weighted by Crippen LogP contribution is 2.28. The minimum Gasteiger partial charge on any atom is -0.506 e. The fourth-order valence-corrected chi connectivity index (χ4v) is 3.97. The molecule has 0 saturated carbocycles. The zero-order valence-corrected chi connectivity index (χ0v) is 21.4. The van der Waals surface area contributed by atoms with Crippen molar-refractivity contribution in [2.75, 3.05) is 18.5 Å². The number of halogens is 1. The topological polar surface area (TPSA) is 109 Å². The third-order valence-corrected chi connectivity index (χ3v) is 6.01. The molecular weight excluding hydrogens is 506 g/mol. The molecule has 194 valence electrons. The summed E-state index contributed by atoms with van der Waals surface area (Å²) in [5.74, 6) is 0.0589. The number of anilines is 1. The Balaban J connectivity index is 1.35. The van der Waals surface area contributed by atoms with E-state index in [0.717, 1.165) is 34.0 Å². The lowest BCUT2D eigenvalue weighted by Crippen LogP contribution is -2.18. The lowest BCUT2D eigenvalue weighted by Gasteiger charge is -2.12. The van der Waals surface area contributed by atoms with Gasteiger partial charge in [-0.25, -0.2) is 10.2 Å². The summed E-state index contributed by atoms with van der Waals surface area (Å²) in [6.07, 6.45) is 1.79. The smallest absolute Gasteiger partial charge is 0.411 e. The molecule has 38 heavy (non-hydrogen) atoms. The first-order valence-corrected chi connectivity index (χ1v) is 12.3. The van der Waals surface area contributed by atoms with Crippen LogP contribution in [0.4, 0.5) is 10.5 Å². The number of amides is 2. The molecule has 0 spiro atoms. The molecule has 0 saturated heterocycles. The fourth-order valence-electron chi connectivity index (χ4n) is 3.79. The summed E-state index contributed by atoms with van der Waals surface area (Å²) in [5.41, 5.74) is 5.25. The molecule has 0 heterocycles. The predicted molar refractivity (Wildman–Crippen MR) is 148 cm³/mol. The van der Waals surface area contributed by atoms with Crippen LogP contribution in [0.5, 0.6) is 11.5 Å². The SMILES string of the molecule is CCc1ccccc1NC(=O)OCCOc1ccc(C=NNC(=O)c2ccc(O)c(Cl)c2)c2ccccc12. The maximum Gasteiger partial charge on any atom is 0.411 e. The van der Waals surface area contributed by atoms with Crippen LogP contribution < -0.4 is 15.5 Å². The van der Waals surface area contributed by atoms with Crippen LogP contribution in [0.3, 0.4) is 0 Å². The van der Waals surface area contributed by atoms with Gasteiger partial charge in [0, 0.05) is 22.2 Å². The maximum absolute atomic E-state index is 12.3. The zero-order chi connectivity index (χ0) is 26.9. The van der Waals surface area contributed by atoms with Crippen molar-refractivity contribution in [3.8, 4) is 11.5 Å². The predicted octanol–water partition coefficient (Wildman–Crippen LogP) is 6.15. The van der Waals surface area contributed by atoms with Crippen LogP contribution in [0.2, 0.25) is 5.02 Å². The molecule has 0 unspecified atom stereocenters. The van der Waals surface area contributed by atoms with Crippen LogP contribution in [0.25, 0.3) is 10.8 Å². The molecule has 0 aliphatic rings. The van der Waals surface area contributed by atoms with Crippen LogP contribution in [0, 0.1) is 0 Å². The second-order valence-corrected chi connectivity index (χ2v) is 8.59. The molecule has 0 bridgehead atoms. The fraction of sp³-hybridized carbons (Fsp3) is 0.138. The summed E-state index contributed by atoms with van der Waals surface area (Å²) in [5, 5.41) is 18.1. The number of benzene rings is 4. The zero-order valence-electron chi connectivity index (χ0n) is 20.6. The van der Waals surface area contributed by atoms with E-state index in [1.165, 1.54) is 24.4 Å². The Bertz CT molecular complexity index is 1490. The summed E-state index contributed by atoms with van der Waals surface area (Å²) in [6, 6.07) is 23.0. The average molecular weight is 532 g/mol. The number of aryl methyl sites for hydroxylation is 1. The second-order valence-electron chi connectivity index (χ2n) is 8.18. The molecule has 0 fully saturated rings. The van der Waals surface area contributed by atoms with Gasteiger partial charge in [0.2, 0.25) is 0 Å². The van der Waals surface area contributed by atoms with E-state index in [-0.39, 0.29) is 29.5 Å². The van der Waals surface area contributed by atoms with Crippen molar-refractivity contribution in [3.63, 3.8) is 0 Å². The van der Waals surface area contributed by atoms with Crippen LogP contribution in [0.15, 0.2) is 84.0 Å². The number of phenolic OH excluding ortho intramolecular Hbond substituents is 1. The van der Waals surface area contributed by atoms with Crippen LogP contribution in [-0.4, -0.2) is 36.5 Å². The summed E-state index contributed by atoms with van der Waals surface area (Å²) in [7, 11) is 0. The number of hydrogen-bond acceptors (Lipinski definition) is 6. The number of carbonyl (C=O) groups excluding carboxylic acids is 2.